The van der Waals surface area contributed by atoms with Gasteiger partial charge in [0.05, 0.1) is 6.10 Å². The van der Waals surface area contributed by atoms with Crippen LogP contribution in [0, 0.1) is 5.92 Å². The molecule has 0 saturated heterocycles. The summed E-state index contributed by atoms with van der Waals surface area (Å²) in [5.41, 5.74) is 7.55. The number of nitrogens with two attached hydrogens (primary N) is 1. The molecule has 5 nitrogen and oxygen atoms in total. The van der Waals surface area contributed by atoms with Crippen molar-refractivity contribution in [3.05, 3.63) is 29.3 Å². The van der Waals surface area contributed by atoms with Crippen molar-refractivity contribution in [2.24, 2.45) is 11.7 Å². The number of esters is 1. The molecule has 0 heterocycles. The Morgan fingerprint density at radius 3 is 2.95 bits per heavy atom. The third-order valence-corrected chi connectivity index (χ3v) is 3.33. The molecule has 0 aromatic heterocycles. The van der Waals surface area contributed by atoms with Gasteiger partial charge in [-0.05, 0) is 24.6 Å². The third kappa shape index (κ3) is 3.05. The minimum atomic E-state index is -0.579. The molecule has 1 aromatic carbocycles. The highest BCUT2D eigenvalue weighted by Gasteiger charge is 2.32. The highest BCUT2D eigenvalue weighted by atomic mass is 16.6. The van der Waals surface area contributed by atoms with Gasteiger partial charge in [-0.1, -0.05) is 12.1 Å². The van der Waals surface area contributed by atoms with E-state index in [0.717, 1.165) is 17.5 Å². The maximum absolute atomic E-state index is 10.6. The van der Waals surface area contributed by atoms with Gasteiger partial charge in [0, 0.05) is 18.4 Å². The molecule has 1 aliphatic carbocycles. The zero-order valence-corrected chi connectivity index (χ0v) is 11.0. The number of carbonyl (C=O) groups is 1. The smallest absolute Gasteiger partial charge is 0.302 e. The second kappa shape index (κ2) is 6.04. The van der Waals surface area contributed by atoms with Crippen molar-refractivity contribution in [2.45, 2.75) is 19.4 Å². The highest BCUT2D eigenvalue weighted by molar-refractivity contribution is 5.65. The molecule has 2 rings (SSSR count). The van der Waals surface area contributed by atoms with Crippen molar-refractivity contribution in [2.75, 3.05) is 19.8 Å². The summed E-state index contributed by atoms with van der Waals surface area (Å²) in [5.74, 6) is 0.367. The molecule has 2 unspecified atom stereocenters. The van der Waals surface area contributed by atoms with Gasteiger partial charge in [-0.15, -0.1) is 0 Å². The molecular weight excluding hydrogens is 246 g/mol. The maximum atomic E-state index is 10.6. The van der Waals surface area contributed by atoms with E-state index in [-0.39, 0.29) is 25.1 Å². The number of ether oxygens (including phenoxy) is 2. The second-order valence-corrected chi connectivity index (χ2v) is 4.66. The van der Waals surface area contributed by atoms with E-state index in [4.69, 9.17) is 15.2 Å². The van der Waals surface area contributed by atoms with E-state index >= 15 is 0 Å². The van der Waals surface area contributed by atoms with Gasteiger partial charge in [-0.3, -0.25) is 4.79 Å². The van der Waals surface area contributed by atoms with Gasteiger partial charge in [-0.2, -0.15) is 0 Å². The molecule has 2 atom stereocenters. The van der Waals surface area contributed by atoms with Gasteiger partial charge < -0.3 is 20.3 Å². The number of hydrogen-bond acceptors (Lipinski definition) is 5. The van der Waals surface area contributed by atoms with E-state index in [9.17, 15) is 9.90 Å². The minimum absolute atomic E-state index is 0.0493. The molecule has 0 radical (unpaired) electrons. The summed E-state index contributed by atoms with van der Waals surface area (Å²) in [6, 6.07) is 5.69. The van der Waals surface area contributed by atoms with Crippen LogP contribution in [0.25, 0.3) is 0 Å². The SMILES string of the molecule is CC(=O)OCCOc1cccc2c1C(O)C(CN)C2. The molecule has 3 N–H and O–H groups in total. The van der Waals surface area contributed by atoms with Crippen molar-refractivity contribution in [1.29, 1.82) is 0 Å². The number of hydrogen-bond donors (Lipinski definition) is 2. The largest absolute Gasteiger partial charge is 0.490 e. The average Bonchev–Trinajstić information content (AvgIpc) is 2.72. The molecule has 1 aliphatic rings. The lowest BCUT2D eigenvalue weighted by Crippen LogP contribution is -2.18. The Bertz CT molecular complexity index is 461. The van der Waals surface area contributed by atoms with Crippen molar-refractivity contribution < 1.29 is 19.4 Å². The van der Waals surface area contributed by atoms with Gasteiger partial charge in [0.25, 0.3) is 0 Å². The van der Waals surface area contributed by atoms with E-state index in [1.807, 2.05) is 18.2 Å². The summed E-state index contributed by atoms with van der Waals surface area (Å²) in [4.78, 5) is 10.6. The first-order valence-corrected chi connectivity index (χ1v) is 6.39. The fraction of sp³-hybridized carbons (Fsp3) is 0.500. The molecule has 104 valence electrons. The van der Waals surface area contributed by atoms with E-state index in [2.05, 4.69) is 0 Å². The molecule has 0 bridgehead atoms. The molecular formula is C14H19NO4. The molecule has 0 saturated carbocycles. The molecule has 5 heteroatoms. The number of rotatable bonds is 5. The first kappa shape index (κ1) is 13.8. The normalized spacial score (nSPS) is 21.0. The lowest BCUT2D eigenvalue weighted by atomic mass is 10.0. The van der Waals surface area contributed by atoms with Crippen molar-refractivity contribution in [1.82, 2.24) is 0 Å². The summed E-state index contributed by atoms with van der Waals surface area (Å²) >= 11 is 0. The van der Waals surface area contributed by atoms with Crippen LogP contribution in [0.5, 0.6) is 5.75 Å². The summed E-state index contributed by atoms with van der Waals surface area (Å²) in [6.45, 7) is 2.28. The van der Waals surface area contributed by atoms with E-state index in [0.29, 0.717) is 12.3 Å². The van der Waals surface area contributed by atoms with E-state index in [1.54, 1.807) is 0 Å². The summed E-state index contributed by atoms with van der Waals surface area (Å²) < 4.78 is 10.4. The number of aliphatic hydroxyl groups is 1. The summed E-state index contributed by atoms with van der Waals surface area (Å²) in [7, 11) is 0. The van der Waals surface area contributed by atoms with Crippen molar-refractivity contribution >= 4 is 5.97 Å². The first-order valence-electron chi connectivity index (χ1n) is 6.39. The zero-order chi connectivity index (χ0) is 13.8. The standard InChI is InChI=1S/C14H19NO4/c1-9(16)18-5-6-19-12-4-2-3-10-7-11(8-15)14(17)13(10)12/h2-4,11,14,17H,5-8,15H2,1H3. The van der Waals surface area contributed by atoms with E-state index in [1.165, 1.54) is 6.92 Å². The molecule has 0 spiro atoms. The topological polar surface area (TPSA) is 81.8 Å². The van der Waals surface area contributed by atoms with Crippen LogP contribution in [-0.2, 0) is 16.0 Å². The van der Waals surface area contributed by atoms with Crippen LogP contribution in [0.3, 0.4) is 0 Å². The van der Waals surface area contributed by atoms with Crippen LogP contribution >= 0.6 is 0 Å². The number of carbonyl (C=O) groups excluding carboxylic acids is 1. The Morgan fingerprint density at radius 2 is 2.26 bits per heavy atom. The number of fused-ring (bicyclic) bond motifs is 1. The average molecular weight is 265 g/mol. The van der Waals surface area contributed by atoms with E-state index < -0.39 is 6.10 Å². The number of aliphatic hydroxyl groups excluding tert-OH is 1. The quantitative estimate of drug-likeness (QED) is 0.607. The maximum Gasteiger partial charge on any atom is 0.302 e. The van der Waals surface area contributed by atoms with Gasteiger partial charge in [-0.25, -0.2) is 0 Å². The summed E-state index contributed by atoms with van der Waals surface area (Å²) in [5, 5.41) is 10.2. The molecule has 0 fully saturated rings. The van der Waals surface area contributed by atoms with Crippen LogP contribution in [-0.4, -0.2) is 30.8 Å². The van der Waals surface area contributed by atoms with Gasteiger partial charge >= 0.3 is 5.97 Å². The highest BCUT2D eigenvalue weighted by Crippen LogP contribution is 2.41. The van der Waals surface area contributed by atoms with Crippen molar-refractivity contribution in [3.8, 4) is 5.75 Å². The zero-order valence-electron chi connectivity index (χ0n) is 11.0. The minimum Gasteiger partial charge on any atom is -0.490 e. The van der Waals surface area contributed by atoms with Crippen LogP contribution < -0.4 is 10.5 Å². The van der Waals surface area contributed by atoms with Crippen LogP contribution in [0.2, 0.25) is 0 Å². The fourth-order valence-corrected chi connectivity index (χ4v) is 2.41. The fourth-order valence-electron chi connectivity index (χ4n) is 2.41. The molecule has 0 amide bonds. The molecule has 19 heavy (non-hydrogen) atoms. The summed E-state index contributed by atoms with van der Waals surface area (Å²) in [6.07, 6.45) is 0.193. The van der Waals surface area contributed by atoms with Crippen LogP contribution in [0.15, 0.2) is 18.2 Å². The lowest BCUT2D eigenvalue weighted by molar-refractivity contribution is -0.141. The first-order chi connectivity index (χ1) is 9.13. The van der Waals surface area contributed by atoms with Crippen LogP contribution in [0.1, 0.15) is 24.2 Å². The Hall–Kier alpha value is -1.59. The Morgan fingerprint density at radius 1 is 1.47 bits per heavy atom. The molecule has 1 aromatic rings. The predicted octanol–water partition coefficient (Wildman–Crippen LogP) is 0.793. The van der Waals surface area contributed by atoms with Crippen molar-refractivity contribution in [3.63, 3.8) is 0 Å². The number of benzene rings is 1. The third-order valence-electron chi connectivity index (χ3n) is 3.33. The Balaban J connectivity index is 2.03. The Labute approximate surface area is 112 Å². The monoisotopic (exact) mass is 265 g/mol. The van der Waals surface area contributed by atoms with Crippen LogP contribution in [0.4, 0.5) is 0 Å². The second-order valence-electron chi connectivity index (χ2n) is 4.66. The molecule has 0 aliphatic heterocycles. The predicted molar refractivity (Wildman–Crippen MR) is 69.8 cm³/mol. The lowest BCUT2D eigenvalue weighted by Gasteiger charge is -2.15. The van der Waals surface area contributed by atoms with Gasteiger partial charge in [0.1, 0.15) is 19.0 Å². The Kier molecular flexibility index (Phi) is 4.39. The van der Waals surface area contributed by atoms with Gasteiger partial charge in [0.2, 0.25) is 0 Å². The van der Waals surface area contributed by atoms with Gasteiger partial charge in [0.15, 0.2) is 0 Å².